The molecule has 0 aromatic heterocycles. The lowest BCUT2D eigenvalue weighted by atomic mass is 10.1. The van der Waals surface area contributed by atoms with Crippen LogP contribution < -0.4 is 10.6 Å². The number of likely N-dealkylation sites (tertiary alicyclic amines) is 1. The molecular weight excluding hydrogens is 324 g/mol. The van der Waals surface area contributed by atoms with Gasteiger partial charge in [-0.15, -0.1) is 0 Å². The van der Waals surface area contributed by atoms with Crippen molar-refractivity contribution in [1.82, 2.24) is 15.5 Å². The first-order valence-electron chi connectivity index (χ1n) is 8.75. The third kappa shape index (κ3) is 4.41. The highest BCUT2D eigenvalue weighted by atomic mass is 35.5. The summed E-state index contributed by atoms with van der Waals surface area (Å²) < 4.78 is 0. The highest BCUT2D eigenvalue weighted by Gasteiger charge is 2.39. The summed E-state index contributed by atoms with van der Waals surface area (Å²) in [7, 11) is 0. The van der Waals surface area contributed by atoms with E-state index in [2.05, 4.69) is 21.7 Å². The lowest BCUT2D eigenvalue weighted by Gasteiger charge is -2.15. The number of guanidine groups is 1. The SMILES string of the molecule is CCNC(=NCC(=O)N1CCCC1)NC1CC1c1cccc(Cl)c1. The number of hydrogen-bond donors (Lipinski definition) is 2. The zero-order valence-electron chi connectivity index (χ0n) is 14.1. The van der Waals surface area contributed by atoms with Crippen LogP contribution in [0, 0.1) is 0 Å². The number of carbonyl (C=O) groups excluding carboxylic acids is 1. The second-order valence-electron chi connectivity index (χ2n) is 6.43. The molecule has 0 bridgehead atoms. The number of nitrogens with one attached hydrogen (secondary N) is 2. The number of rotatable bonds is 5. The molecule has 0 radical (unpaired) electrons. The van der Waals surface area contributed by atoms with Gasteiger partial charge in [0.05, 0.1) is 0 Å². The van der Waals surface area contributed by atoms with Crippen LogP contribution >= 0.6 is 11.6 Å². The summed E-state index contributed by atoms with van der Waals surface area (Å²) in [5.41, 5.74) is 1.25. The fraction of sp³-hybridized carbons (Fsp3) is 0.556. The van der Waals surface area contributed by atoms with Crippen molar-refractivity contribution >= 4 is 23.5 Å². The van der Waals surface area contributed by atoms with Gasteiger partial charge in [0.1, 0.15) is 6.54 Å². The Labute approximate surface area is 148 Å². The molecule has 5 nitrogen and oxygen atoms in total. The molecule has 1 aromatic carbocycles. The van der Waals surface area contributed by atoms with E-state index in [0.29, 0.717) is 12.0 Å². The molecule has 1 saturated carbocycles. The monoisotopic (exact) mass is 348 g/mol. The summed E-state index contributed by atoms with van der Waals surface area (Å²) in [4.78, 5) is 18.5. The second-order valence-corrected chi connectivity index (χ2v) is 6.87. The zero-order valence-corrected chi connectivity index (χ0v) is 14.9. The Hall–Kier alpha value is -1.75. The smallest absolute Gasteiger partial charge is 0.244 e. The second kappa shape index (κ2) is 7.88. The van der Waals surface area contributed by atoms with Crippen molar-refractivity contribution in [1.29, 1.82) is 0 Å². The highest BCUT2D eigenvalue weighted by molar-refractivity contribution is 6.30. The van der Waals surface area contributed by atoms with Crippen LogP contribution in [-0.4, -0.2) is 49.0 Å². The number of benzene rings is 1. The molecule has 2 N–H and O–H groups in total. The van der Waals surface area contributed by atoms with Crippen molar-refractivity contribution in [2.75, 3.05) is 26.2 Å². The van der Waals surface area contributed by atoms with E-state index in [1.54, 1.807) is 0 Å². The Bertz CT molecular complexity index is 613. The molecule has 24 heavy (non-hydrogen) atoms. The first kappa shape index (κ1) is 17.1. The van der Waals surface area contributed by atoms with Gasteiger partial charge >= 0.3 is 0 Å². The third-order valence-corrected chi connectivity index (χ3v) is 4.80. The third-order valence-electron chi connectivity index (χ3n) is 4.56. The van der Waals surface area contributed by atoms with Gasteiger partial charge in [0.25, 0.3) is 0 Å². The van der Waals surface area contributed by atoms with E-state index in [0.717, 1.165) is 49.9 Å². The largest absolute Gasteiger partial charge is 0.357 e. The van der Waals surface area contributed by atoms with Crippen molar-refractivity contribution < 1.29 is 4.79 Å². The minimum atomic E-state index is 0.117. The topological polar surface area (TPSA) is 56.7 Å². The van der Waals surface area contributed by atoms with E-state index >= 15 is 0 Å². The molecule has 6 heteroatoms. The van der Waals surface area contributed by atoms with E-state index < -0.39 is 0 Å². The number of nitrogens with zero attached hydrogens (tertiary/aromatic N) is 2. The minimum Gasteiger partial charge on any atom is -0.357 e. The van der Waals surface area contributed by atoms with Crippen LogP contribution in [0.4, 0.5) is 0 Å². The summed E-state index contributed by atoms with van der Waals surface area (Å²) >= 11 is 6.07. The molecule has 0 spiro atoms. The van der Waals surface area contributed by atoms with E-state index in [1.165, 1.54) is 5.56 Å². The summed E-state index contributed by atoms with van der Waals surface area (Å²) in [5, 5.41) is 7.43. The van der Waals surface area contributed by atoms with Crippen molar-refractivity contribution in [3.8, 4) is 0 Å². The molecule has 2 atom stereocenters. The van der Waals surface area contributed by atoms with Gasteiger partial charge < -0.3 is 15.5 Å². The lowest BCUT2D eigenvalue weighted by Crippen LogP contribution is -2.40. The van der Waals surface area contributed by atoms with Crippen LogP contribution in [0.2, 0.25) is 5.02 Å². The van der Waals surface area contributed by atoms with Gasteiger partial charge in [-0.2, -0.15) is 0 Å². The summed E-state index contributed by atoms with van der Waals surface area (Å²) in [6.45, 7) is 4.76. The van der Waals surface area contributed by atoms with Crippen molar-refractivity contribution in [3.63, 3.8) is 0 Å². The molecule has 1 aliphatic carbocycles. The quantitative estimate of drug-likeness (QED) is 0.634. The van der Waals surface area contributed by atoms with Gasteiger partial charge in [-0.1, -0.05) is 23.7 Å². The molecule has 2 fully saturated rings. The van der Waals surface area contributed by atoms with Crippen LogP contribution in [-0.2, 0) is 4.79 Å². The van der Waals surface area contributed by atoms with Crippen LogP contribution in [0.1, 0.15) is 37.7 Å². The van der Waals surface area contributed by atoms with Gasteiger partial charge in [0.15, 0.2) is 5.96 Å². The molecule has 2 aliphatic rings. The van der Waals surface area contributed by atoms with Crippen molar-refractivity contribution in [3.05, 3.63) is 34.9 Å². The van der Waals surface area contributed by atoms with Gasteiger partial charge in [-0.25, -0.2) is 4.99 Å². The zero-order chi connectivity index (χ0) is 16.9. The van der Waals surface area contributed by atoms with Crippen LogP contribution in [0.5, 0.6) is 0 Å². The average molecular weight is 349 g/mol. The van der Waals surface area contributed by atoms with Crippen LogP contribution in [0.25, 0.3) is 0 Å². The minimum absolute atomic E-state index is 0.117. The standard InChI is InChI=1S/C18H25ClN4O/c1-2-20-18(21-12-17(24)23-8-3-4-9-23)22-16-11-15(16)13-6-5-7-14(19)10-13/h5-7,10,15-16H,2-4,8-9,11-12H2,1H3,(H2,20,21,22). The van der Waals surface area contributed by atoms with Crippen LogP contribution in [0.15, 0.2) is 29.3 Å². The molecule has 1 heterocycles. The summed E-state index contributed by atoms with van der Waals surface area (Å²) in [5.74, 6) is 1.30. The predicted octanol–water partition coefficient (Wildman–Crippen LogP) is 2.37. The van der Waals surface area contributed by atoms with Gasteiger partial charge in [0, 0.05) is 36.6 Å². The Morgan fingerprint density at radius 3 is 2.88 bits per heavy atom. The Morgan fingerprint density at radius 2 is 2.17 bits per heavy atom. The van der Waals surface area contributed by atoms with Crippen molar-refractivity contribution in [2.24, 2.45) is 4.99 Å². The number of carbonyl (C=O) groups is 1. The Morgan fingerprint density at radius 1 is 1.38 bits per heavy atom. The molecule has 2 unspecified atom stereocenters. The summed E-state index contributed by atoms with van der Waals surface area (Å²) in [6.07, 6.45) is 3.28. The fourth-order valence-corrected chi connectivity index (χ4v) is 3.37. The Balaban J connectivity index is 1.54. The molecule has 3 rings (SSSR count). The first-order chi connectivity index (χ1) is 11.7. The summed E-state index contributed by atoms with van der Waals surface area (Å²) in [6, 6.07) is 8.36. The first-order valence-corrected chi connectivity index (χ1v) is 9.13. The number of amides is 1. The number of aliphatic imine (C=N–C) groups is 1. The number of hydrogen-bond acceptors (Lipinski definition) is 2. The molecule has 1 amide bonds. The number of halogens is 1. The fourth-order valence-electron chi connectivity index (χ4n) is 3.17. The normalized spacial score (nSPS) is 23.2. The molecule has 1 saturated heterocycles. The molecule has 1 aromatic rings. The van der Waals surface area contributed by atoms with Gasteiger partial charge in [0.2, 0.25) is 5.91 Å². The van der Waals surface area contributed by atoms with E-state index in [1.807, 2.05) is 30.0 Å². The lowest BCUT2D eigenvalue weighted by molar-refractivity contribution is -0.128. The predicted molar refractivity (Wildman–Crippen MR) is 97.5 cm³/mol. The van der Waals surface area contributed by atoms with Crippen LogP contribution in [0.3, 0.4) is 0 Å². The van der Waals surface area contributed by atoms with Gasteiger partial charge in [-0.3, -0.25) is 4.79 Å². The van der Waals surface area contributed by atoms with E-state index in [-0.39, 0.29) is 12.5 Å². The Kier molecular flexibility index (Phi) is 5.61. The maximum absolute atomic E-state index is 12.1. The highest BCUT2D eigenvalue weighted by Crippen LogP contribution is 2.41. The molecule has 130 valence electrons. The molecular formula is C18H25ClN4O. The van der Waals surface area contributed by atoms with E-state index in [9.17, 15) is 4.79 Å². The molecule has 1 aliphatic heterocycles. The average Bonchev–Trinajstić information content (AvgIpc) is 3.11. The maximum Gasteiger partial charge on any atom is 0.244 e. The van der Waals surface area contributed by atoms with Crippen molar-refractivity contribution in [2.45, 2.75) is 38.1 Å². The van der Waals surface area contributed by atoms with E-state index in [4.69, 9.17) is 11.6 Å². The van der Waals surface area contributed by atoms with Gasteiger partial charge in [-0.05, 0) is 43.9 Å². The maximum atomic E-state index is 12.1.